The van der Waals surface area contributed by atoms with Crippen LogP contribution >= 0.6 is 11.3 Å². The van der Waals surface area contributed by atoms with Crippen LogP contribution in [-0.2, 0) is 9.47 Å². The summed E-state index contributed by atoms with van der Waals surface area (Å²) in [6.07, 6.45) is 1.38. The van der Waals surface area contributed by atoms with Gasteiger partial charge in [-0.25, -0.2) is 14.6 Å². The molecule has 0 N–H and O–H groups in total. The summed E-state index contributed by atoms with van der Waals surface area (Å²) in [6.45, 7) is 6.87. The topological polar surface area (TPSA) is 68.7 Å². The molecule has 0 aliphatic carbocycles. The van der Waals surface area contributed by atoms with Gasteiger partial charge in [0, 0.05) is 24.4 Å². The molecular weight excluding hydrogens is 304 g/mol. The summed E-state index contributed by atoms with van der Waals surface area (Å²) in [4.78, 5) is 29.5. The maximum Gasteiger partial charge on any atom is 0.410 e. The number of hydrogen-bond donors (Lipinski definition) is 0. The molecule has 1 saturated heterocycles. The molecule has 22 heavy (non-hydrogen) atoms. The summed E-state index contributed by atoms with van der Waals surface area (Å²) in [7, 11) is 1.35. The lowest BCUT2D eigenvalue weighted by Crippen LogP contribution is -2.41. The molecule has 2 heterocycles. The number of piperidine rings is 1. The minimum Gasteiger partial charge on any atom is -0.464 e. The second-order valence-corrected chi connectivity index (χ2v) is 7.17. The zero-order valence-corrected chi connectivity index (χ0v) is 14.2. The van der Waals surface area contributed by atoms with Gasteiger partial charge in [-0.05, 0) is 33.6 Å². The molecule has 1 aliphatic rings. The summed E-state index contributed by atoms with van der Waals surface area (Å²) in [5.41, 5.74) is 0.437. The number of carbonyl (C=O) groups excluding carboxylic acids is 2. The van der Waals surface area contributed by atoms with Gasteiger partial charge in [0.15, 0.2) is 0 Å². The number of thiazole rings is 1. The van der Waals surface area contributed by atoms with Gasteiger partial charge in [-0.2, -0.15) is 0 Å². The van der Waals surface area contributed by atoms with Crippen molar-refractivity contribution in [2.24, 2.45) is 0 Å². The lowest BCUT2D eigenvalue weighted by atomic mass is 9.94. The maximum absolute atomic E-state index is 12.0. The molecule has 0 unspecified atom stereocenters. The maximum atomic E-state index is 12.0. The molecule has 0 radical (unpaired) electrons. The van der Waals surface area contributed by atoms with Crippen molar-refractivity contribution in [2.45, 2.75) is 45.1 Å². The first-order valence-corrected chi connectivity index (χ1v) is 8.20. The van der Waals surface area contributed by atoms with Crippen molar-refractivity contribution < 1.29 is 19.1 Å². The Morgan fingerprint density at radius 2 is 1.95 bits per heavy atom. The van der Waals surface area contributed by atoms with Crippen molar-refractivity contribution in [3.05, 3.63) is 16.1 Å². The van der Waals surface area contributed by atoms with E-state index < -0.39 is 11.6 Å². The molecule has 0 saturated carbocycles. The van der Waals surface area contributed by atoms with Crippen LogP contribution in [0.25, 0.3) is 0 Å². The average Bonchev–Trinajstić information content (AvgIpc) is 2.94. The number of methoxy groups -OCH3 is 1. The molecule has 1 fully saturated rings. The Balaban J connectivity index is 1.91. The van der Waals surface area contributed by atoms with Gasteiger partial charge in [0.25, 0.3) is 0 Å². The normalized spacial score (nSPS) is 16.5. The summed E-state index contributed by atoms with van der Waals surface area (Å²) in [5.74, 6) is -0.129. The minimum atomic E-state index is -0.474. The third kappa shape index (κ3) is 4.19. The number of esters is 1. The fraction of sp³-hybridized carbons (Fsp3) is 0.667. The largest absolute Gasteiger partial charge is 0.464 e. The summed E-state index contributed by atoms with van der Waals surface area (Å²) >= 11 is 1.30. The number of hydrogen-bond acceptors (Lipinski definition) is 6. The van der Waals surface area contributed by atoms with Crippen molar-refractivity contribution in [3.8, 4) is 0 Å². The first-order chi connectivity index (χ1) is 10.3. The Bertz CT molecular complexity index is 542. The van der Waals surface area contributed by atoms with E-state index in [4.69, 9.17) is 4.74 Å². The van der Waals surface area contributed by atoms with E-state index in [1.54, 1.807) is 4.90 Å². The molecule has 0 aromatic carbocycles. The van der Waals surface area contributed by atoms with Gasteiger partial charge in [-0.15, -0.1) is 11.3 Å². The summed E-state index contributed by atoms with van der Waals surface area (Å²) < 4.78 is 10.1. The summed E-state index contributed by atoms with van der Waals surface area (Å²) in [6, 6.07) is 0. The second-order valence-electron chi connectivity index (χ2n) is 6.31. The van der Waals surface area contributed by atoms with E-state index in [0.717, 1.165) is 18.5 Å². The SMILES string of the molecule is COC(=O)c1nc(C2CCN(C(=O)OC(C)(C)C)CC2)cs1. The van der Waals surface area contributed by atoms with E-state index in [2.05, 4.69) is 9.72 Å². The van der Waals surface area contributed by atoms with Gasteiger partial charge in [-0.3, -0.25) is 0 Å². The van der Waals surface area contributed by atoms with Crippen LogP contribution in [0.4, 0.5) is 4.79 Å². The van der Waals surface area contributed by atoms with Crippen LogP contribution in [0, 0.1) is 0 Å². The number of amides is 1. The number of ether oxygens (including phenoxy) is 2. The molecular formula is C15H22N2O4S. The lowest BCUT2D eigenvalue weighted by Gasteiger charge is -2.32. The Morgan fingerprint density at radius 1 is 1.32 bits per heavy atom. The number of aromatic nitrogens is 1. The van der Waals surface area contributed by atoms with Gasteiger partial charge in [0.1, 0.15) is 5.60 Å². The van der Waals surface area contributed by atoms with E-state index in [0.29, 0.717) is 18.1 Å². The van der Waals surface area contributed by atoms with E-state index in [1.807, 2.05) is 26.2 Å². The molecule has 0 atom stereocenters. The fourth-order valence-electron chi connectivity index (χ4n) is 2.34. The van der Waals surface area contributed by atoms with Crippen LogP contribution in [0.2, 0.25) is 0 Å². The highest BCUT2D eigenvalue weighted by Crippen LogP contribution is 2.29. The predicted octanol–water partition coefficient (Wildman–Crippen LogP) is 3.04. The minimum absolute atomic E-state index is 0.264. The number of nitrogens with zero attached hydrogens (tertiary/aromatic N) is 2. The van der Waals surface area contributed by atoms with Gasteiger partial charge >= 0.3 is 12.1 Å². The Kier molecular flexibility index (Phi) is 5.05. The van der Waals surface area contributed by atoms with Crippen molar-refractivity contribution >= 4 is 23.4 Å². The van der Waals surface area contributed by atoms with E-state index in [-0.39, 0.29) is 12.0 Å². The van der Waals surface area contributed by atoms with Gasteiger partial charge in [0.2, 0.25) is 5.01 Å². The molecule has 1 aromatic rings. The number of rotatable bonds is 2. The van der Waals surface area contributed by atoms with Crippen molar-refractivity contribution in [1.29, 1.82) is 0 Å². The molecule has 1 amide bonds. The van der Waals surface area contributed by atoms with Gasteiger partial charge in [-0.1, -0.05) is 0 Å². The molecule has 122 valence electrons. The standard InChI is InChI=1S/C15H22N2O4S/c1-15(2,3)21-14(19)17-7-5-10(6-8-17)11-9-22-12(16-11)13(18)20-4/h9-10H,5-8H2,1-4H3. The molecule has 7 heteroatoms. The molecule has 1 aromatic heterocycles. The van der Waals surface area contributed by atoms with Crippen LogP contribution < -0.4 is 0 Å². The smallest absolute Gasteiger partial charge is 0.410 e. The molecule has 2 rings (SSSR count). The highest BCUT2D eigenvalue weighted by atomic mass is 32.1. The first-order valence-electron chi connectivity index (χ1n) is 7.32. The monoisotopic (exact) mass is 326 g/mol. The summed E-state index contributed by atoms with van der Waals surface area (Å²) in [5, 5.41) is 2.28. The third-order valence-electron chi connectivity index (χ3n) is 3.45. The van der Waals surface area contributed by atoms with Gasteiger partial charge in [0.05, 0.1) is 12.8 Å². The van der Waals surface area contributed by atoms with Crippen molar-refractivity contribution in [1.82, 2.24) is 9.88 Å². The van der Waals surface area contributed by atoms with Gasteiger partial charge < -0.3 is 14.4 Å². The van der Waals surface area contributed by atoms with Crippen LogP contribution in [0.15, 0.2) is 5.38 Å². The first kappa shape index (κ1) is 16.7. The highest BCUT2D eigenvalue weighted by molar-refractivity contribution is 7.11. The van der Waals surface area contributed by atoms with Crippen molar-refractivity contribution in [2.75, 3.05) is 20.2 Å². The Morgan fingerprint density at radius 3 is 2.50 bits per heavy atom. The quantitative estimate of drug-likeness (QED) is 0.781. The Hall–Kier alpha value is -1.63. The van der Waals surface area contributed by atoms with E-state index in [9.17, 15) is 9.59 Å². The molecule has 0 bridgehead atoms. The molecule has 0 spiro atoms. The fourth-order valence-corrected chi connectivity index (χ4v) is 3.15. The Labute approximate surface area is 134 Å². The average molecular weight is 326 g/mol. The number of carbonyl (C=O) groups is 2. The molecule has 1 aliphatic heterocycles. The third-order valence-corrected chi connectivity index (χ3v) is 4.29. The van der Waals surface area contributed by atoms with E-state index in [1.165, 1.54) is 18.4 Å². The zero-order chi connectivity index (χ0) is 16.3. The van der Waals surface area contributed by atoms with Crippen LogP contribution in [0.1, 0.15) is 55.0 Å². The van der Waals surface area contributed by atoms with Crippen LogP contribution in [0.3, 0.4) is 0 Å². The van der Waals surface area contributed by atoms with Crippen molar-refractivity contribution in [3.63, 3.8) is 0 Å². The second kappa shape index (κ2) is 6.64. The molecule has 6 nitrogen and oxygen atoms in total. The predicted molar refractivity (Wildman–Crippen MR) is 83.2 cm³/mol. The van der Waals surface area contributed by atoms with Crippen LogP contribution in [-0.4, -0.2) is 47.7 Å². The zero-order valence-electron chi connectivity index (χ0n) is 13.4. The van der Waals surface area contributed by atoms with E-state index >= 15 is 0 Å². The lowest BCUT2D eigenvalue weighted by molar-refractivity contribution is 0.0204. The number of likely N-dealkylation sites (tertiary alicyclic amines) is 1. The van der Waals surface area contributed by atoms with Crippen LogP contribution in [0.5, 0.6) is 0 Å². The highest BCUT2D eigenvalue weighted by Gasteiger charge is 2.28.